The van der Waals surface area contributed by atoms with E-state index in [9.17, 15) is 9.59 Å². The molecule has 1 heterocycles. The summed E-state index contributed by atoms with van der Waals surface area (Å²) in [6.45, 7) is 1.73. The minimum Gasteiger partial charge on any atom is -0.497 e. The summed E-state index contributed by atoms with van der Waals surface area (Å²) in [5, 5.41) is 8.47. The van der Waals surface area contributed by atoms with Gasteiger partial charge >= 0.3 is 6.03 Å². The molecule has 0 aliphatic carbocycles. The van der Waals surface area contributed by atoms with Gasteiger partial charge in [0, 0.05) is 11.4 Å². The molecule has 1 atom stereocenters. The van der Waals surface area contributed by atoms with Crippen molar-refractivity contribution < 1.29 is 14.3 Å². The van der Waals surface area contributed by atoms with Crippen LogP contribution in [-0.4, -0.2) is 19.0 Å². The van der Waals surface area contributed by atoms with Crippen molar-refractivity contribution in [3.8, 4) is 16.9 Å². The van der Waals surface area contributed by atoms with Gasteiger partial charge in [-0.2, -0.15) is 0 Å². The number of amides is 3. The Morgan fingerprint density at radius 3 is 2.19 bits per heavy atom. The van der Waals surface area contributed by atoms with Gasteiger partial charge in [0.1, 0.15) is 5.75 Å². The lowest BCUT2D eigenvalue weighted by atomic mass is 9.93. The van der Waals surface area contributed by atoms with Crippen molar-refractivity contribution in [1.29, 1.82) is 0 Å². The molecular weight excluding hydrogens is 390 g/mol. The normalized spacial score (nSPS) is 15.7. The second-order valence-electron chi connectivity index (χ2n) is 7.24. The van der Waals surface area contributed by atoms with Gasteiger partial charge in [0.2, 0.25) is 0 Å². The monoisotopic (exact) mass is 413 g/mol. The fourth-order valence-corrected chi connectivity index (χ4v) is 3.62. The van der Waals surface area contributed by atoms with Gasteiger partial charge in [-0.15, -0.1) is 0 Å². The van der Waals surface area contributed by atoms with Gasteiger partial charge in [-0.05, 0) is 47.9 Å². The van der Waals surface area contributed by atoms with Gasteiger partial charge in [0.05, 0.1) is 18.7 Å². The van der Waals surface area contributed by atoms with Crippen molar-refractivity contribution in [3.05, 3.63) is 95.7 Å². The highest BCUT2D eigenvalue weighted by Gasteiger charge is 2.31. The molecule has 0 spiro atoms. The lowest BCUT2D eigenvalue weighted by Gasteiger charge is -2.28. The maximum atomic E-state index is 13.1. The van der Waals surface area contributed by atoms with Crippen molar-refractivity contribution >= 4 is 17.6 Å². The number of carbonyl (C=O) groups excluding carboxylic acids is 2. The van der Waals surface area contributed by atoms with Crippen LogP contribution in [-0.2, 0) is 4.79 Å². The van der Waals surface area contributed by atoms with Crippen molar-refractivity contribution in [3.63, 3.8) is 0 Å². The van der Waals surface area contributed by atoms with Gasteiger partial charge in [0.25, 0.3) is 5.91 Å². The molecule has 0 saturated carbocycles. The Bertz CT molecular complexity index is 1120. The lowest BCUT2D eigenvalue weighted by molar-refractivity contribution is -0.113. The van der Waals surface area contributed by atoms with E-state index in [0.717, 1.165) is 16.7 Å². The van der Waals surface area contributed by atoms with E-state index >= 15 is 0 Å². The fourth-order valence-electron chi connectivity index (χ4n) is 3.62. The van der Waals surface area contributed by atoms with E-state index in [1.165, 1.54) is 0 Å². The van der Waals surface area contributed by atoms with Gasteiger partial charge in [-0.25, -0.2) is 4.79 Å². The Kier molecular flexibility index (Phi) is 5.71. The molecule has 1 aliphatic heterocycles. The molecule has 0 radical (unpaired) electrons. The average Bonchev–Trinajstić information content (AvgIpc) is 2.79. The van der Waals surface area contributed by atoms with E-state index in [4.69, 9.17) is 4.74 Å². The number of allylic oxidation sites excluding steroid dienone is 1. The van der Waals surface area contributed by atoms with Gasteiger partial charge in [-0.1, -0.05) is 54.6 Å². The molecule has 156 valence electrons. The molecule has 3 N–H and O–H groups in total. The summed E-state index contributed by atoms with van der Waals surface area (Å²) in [7, 11) is 1.59. The lowest BCUT2D eigenvalue weighted by Crippen LogP contribution is -2.45. The predicted octanol–water partition coefficient (Wildman–Crippen LogP) is 4.63. The van der Waals surface area contributed by atoms with Crippen LogP contribution in [0.25, 0.3) is 11.1 Å². The largest absolute Gasteiger partial charge is 0.497 e. The van der Waals surface area contributed by atoms with E-state index in [0.29, 0.717) is 22.7 Å². The molecule has 1 aliphatic rings. The highest BCUT2D eigenvalue weighted by atomic mass is 16.5. The van der Waals surface area contributed by atoms with Crippen LogP contribution in [0.5, 0.6) is 5.75 Å². The number of urea groups is 1. The third-order valence-corrected chi connectivity index (χ3v) is 5.21. The zero-order valence-electron chi connectivity index (χ0n) is 17.3. The first-order valence-electron chi connectivity index (χ1n) is 9.94. The van der Waals surface area contributed by atoms with Gasteiger partial charge < -0.3 is 20.7 Å². The third kappa shape index (κ3) is 4.43. The summed E-state index contributed by atoms with van der Waals surface area (Å²) < 4.78 is 5.16. The average molecular weight is 413 g/mol. The van der Waals surface area contributed by atoms with Crippen molar-refractivity contribution in [2.75, 3.05) is 12.4 Å². The topological polar surface area (TPSA) is 79.5 Å². The number of methoxy groups -OCH3 is 1. The second-order valence-corrected chi connectivity index (χ2v) is 7.24. The van der Waals surface area contributed by atoms with Crippen molar-refractivity contribution in [2.24, 2.45) is 0 Å². The molecule has 3 aromatic rings. The van der Waals surface area contributed by atoms with Crippen LogP contribution in [0, 0.1) is 0 Å². The standard InChI is InChI=1S/C25H23N3O3/c1-16-22(24(29)27-20-12-14-21(31-2)15-13-20)23(28-25(30)26-16)19-10-8-18(9-11-19)17-6-4-3-5-7-17/h3-15,23H,1-2H3,(H,27,29)(H2,26,28,30)/t23-/m0/s1. The molecular formula is C25H23N3O3. The maximum Gasteiger partial charge on any atom is 0.319 e. The molecule has 31 heavy (non-hydrogen) atoms. The molecule has 0 unspecified atom stereocenters. The smallest absolute Gasteiger partial charge is 0.319 e. The number of anilines is 1. The summed E-state index contributed by atoms with van der Waals surface area (Å²) in [4.78, 5) is 25.3. The molecule has 3 amide bonds. The quantitative estimate of drug-likeness (QED) is 0.571. The van der Waals surface area contributed by atoms with Crippen LogP contribution in [0.1, 0.15) is 18.5 Å². The number of nitrogens with one attached hydrogen (secondary N) is 3. The SMILES string of the molecule is COc1ccc(NC(=O)C2=C(C)NC(=O)N[C@H]2c2ccc(-c3ccccc3)cc2)cc1. The van der Waals surface area contributed by atoms with Crippen LogP contribution in [0.15, 0.2) is 90.1 Å². The first-order chi connectivity index (χ1) is 15.0. The van der Waals surface area contributed by atoms with Gasteiger partial charge in [0.15, 0.2) is 0 Å². The first-order valence-corrected chi connectivity index (χ1v) is 9.94. The Balaban J connectivity index is 1.61. The summed E-state index contributed by atoms with van der Waals surface area (Å²) >= 11 is 0. The Morgan fingerprint density at radius 2 is 1.55 bits per heavy atom. The molecule has 3 aromatic carbocycles. The Labute approximate surface area is 180 Å². The molecule has 6 heteroatoms. The summed E-state index contributed by atoms with van der Waals surface area (Å²) in [5.74, 6) is 0.420. The van der Waals surface area contributed by atoms with Crippen LogP contribution >= 0.6 is 0 Å². The van der Waals surface area contributed by atoms with Crippen molar-refractivity contribution in [1.82, 2.24) is 10.6 Å². The number of hydrogen-bond donors (Lipinski definition) is 3. The van der Waals surface area contributed by atoms with E-state index < -0.39 is 6.04 Å². The van der Waals surface area contributed by atoms with Crippen LogP contribution in [0.2, 0.25) is 0 Å². The zero-order valence-corrected chi connectivity index (χ0v) is 17.3. The number of rotatable bonds is 5. The summed E-state index contributed by atoms with van der Waals surface area (Å²) in [5.41, 5.74) is 4.62. The first kappa shape index (κ1) is 20.2. The van der Waals surface area contributed by atoms with Crippen LogP contribution in [0.3, 0.4) is 0 Å². The molecule has 0 bridgehead atoms. The minimum absolute atomic E-state index is 0.285. The van der Waals surface area contributed by atoms with E-state index in [1.54, 1.807) is 38.3 Å². The van der Waals surface area contributed by atoms with Gasteiger partial charge in [-0.3, -0.25) is 4.79 Å². The third-order valence-electron chi connectivity index (χ3n) is 5.21. The molecule has 0 saturated heterocycles. The number of hydrogen-bond acceptors (Lipinski definition) is 3. The number of benzene rings is 3. The Hall–Kier alpha value is -4.06. The Morgan fingerprint density at radius 1 is 0.903 bits per heavy atom. The highest BCUT2D eigenvalue weighted by molar-refractivity contribution is 6.06. The van der Waals surface area contributed by atoms with E-state index in [-0.39, 0.29) is 11.9 Å². The summed E-state index contributed by atoms with van der Waals surface area (Å²) in [6.07, 6.45) is 0. The molecule has 4 rings (SSSR count). The van der Waals surface area contributed by atoms with E-state index in [1.807, 2.05) is 54.6 Å². The zero-order chi connectivity index (χ0) is 21.8. The molecule has 6 nitrogen and oxygen atoms in total. The number of ether oxygens (including phenoxy) is 1. The van der Waals surface area contributed by atoms with Crippen LogP contribution < -0.4 is 20.7 Å². The van der Waals surface area contributed by atoms with E-state index in [2.05, 4.69) is 16.0 Å². The van der Waals surface area contributed by atoms with Crippen molar-refractivity contribution in [2.45, 2.75) is 13.0 Å². The second kappa shape index (κ2) is 8.75. The predicted molar refractivity (Wildman–Crippen MR) is 121 cm³/mol. The van der Waals surface area contributed by atoms with Crippen LogP contribution in [0.4, 0.5) is 10.5 Å². The number of carbonyl (C=O) groups is 2. The minimum atomic E-state index is -0.558. The summed E-state index contributed by atoms with van der Waals surface area (Å²) in [6, 6.07) is 24.1. The molecule has 0 aromatic heterocycles. The maximum absolute atomic E-state index is 13.1. The molecule has 0 fully saturated rings. The highest BCUT2D eigenvalue weighted by Crippen LogP contribution is 2.30. The fraction of sp³-hybridized carbons (Fsp3) is 0.120.